The molecule has 0 aliphatic rings. The molecule has 0 saturated heterocycles. The average Bonchev–Trinajstić information content (AvgIpc) is 2.71. The molecule has 29 heavy (non-hydrogen) atoms. The quantitative estimate of drug-likeness (QED) is 0.181. The normalized spacial score (nSPS) is 14.0. The zero-order chi connectivity index (χ0) is 21.4. The summed E-state index contributed by atoms with van der Waals surface area (Å²) in [6.45, 7) is 4.08. The van der Waals surface area contributed by atoms with Crippen molar-refractivity contribution in [1.29, 1.82) is 0 Å². The maximum Gasteiger partial charge on any atom is 0.316 e. The van der Waals surface area contributed by atoms with Gasteiger partial charge in [0.2, 0.25) is 0 Å². The fourth-order valence-electron chi connectivity index (χ4n) is 2.43. The second kappa shape index (κ2) is 22.5. The molecular weight excluding hydrogens is 376 g/mol. The van der Waals surface area contributed by atoms with Gasteiger partial charge < -0.3 is 5.11 Å². The molecule has 1 atom stereocenters. The molecule has 0 rings (SSSR count). The number of carboxylic acids is 1. The van der Waals surface area contributed by atoms with Crippen LogP contribution >= 0.6 is 11.8 Å². The summed E-state index contributed by atoms with van der Waals surface area (Å²) in [5.41, 5.74) is 0. The van der Waals surface area contributed by atoms with E-state index >= 15 is 0 Å². The molecule has 2 nitrogen and oxygen atoms in total. The van der Waals surface area contributed by atoms with Crippen molar-refractivity contribution in [2.24, 2.45) is 0 Å². The van der Waals surface area contributed by atoms with Crippen molar-refractivity contribution < 1.29 is 9.90 Å². The number of thioether (sulfide) groups is 1. The number of rotatable bonds is 18. The highest BCUT2D eigenvalue weighted by Gasteiger charge is 2.13. The Hall–Kier alpha value is -1.74. The van der Waals surface area contributed by atoms with Crippen LogP contribution in [0.1, 0.15) is 71.6 Å². The second-order valence-electron chi connectivity index (χ2n) is 6.66. The molecule has 0 heterocycles. The van der Waals surface area contributed by atoms with Crippen LogP contribution in [0.5, 0.6) is 0 Å². The van der Waals surface area contributed by atoms with Crippen LogP contribution in [0.2, 0.25) is 0 Å². The van der Waals surface area contributed by atoms with Gasteiger partial charge >= 0.3 is 5.97 Å². The zero-order valence-electron chi connectivity index (χ0n) is 18.3. The third-order valence-corrected chi connectivity index (χ3v) is 5.54. The monoisotopic (exact) mass is 416 g/mol. The van der Waals surface area contributed by atoms with Gasteiger partial charge in [-0.15, -0.1) is 11.8 Å². The van der Waals surface area contributed by atoms with Gasteiger partial charge in [-0.2, -0.15) is 0 Å². The largest absolute Gasteiger partial charge is 0.480 e. The highest BCUT2D eigenvalue weighted by Crippen LogP contribution is 2.16. The van der Waals surface area contributed by atoms with E-state index in [1.54, 1.807) is 11.8 Å². The molecule has 0 aliphatic carbocycles. The molecule has 1 unspecified atom stereocenters. The third-order valence-electron chi connectivity index (χ3n) is 4.08. The van der Waals surface area contributed by atoms with Crippen molar-refractivity contribution in [3.63, 3.8) is 0 Å². The number of unbranched alkanes of at least 4 members (excludes halogenated alkanes) is 1. The summed E-state index contributed by atoms with van der Waals surface area (Å²) in [6, 6.07) is 0. The highest BCUT2D eigenvalue weighted by atomic mass is 32.2. The smallest absolute Gasteiger partial charge is 0.316 e. The van der Waals surface area contributed by atoms with E-state index in [0.717, 1.165) is 57.1 Å². The van der Waals surface area contributed by atoms with Gasteiger partial charge in [-0.1, -0.05) is 86.8 Å². The fraction of sp³-hybridized carbons (Fsp3) is 0.500. The van der Waals surface area contributed by atoms with Crippen molar-refractivity contribution in [3.8, 4) is 0 Å². The van der Waals surface area contributed by atoms with Crippen LogP contribution in [0.4, 0.5) is 0 Å². The lowest BCUT2D eigenvalue weighted by atomic mass is 10.2. The lowest BCUT2D eigenvalue weighted by Gasteiger charge is -2.07. The third kappa shape index (κ3) is 20.8. The van der Waals surface area contributed by atoms with Crippen molar-refractivity contribution in [1.82, 2.24) is 0 Å². The lowest BCUT2D eigenvalue weighted by Crippen LogP contribution is -2.15. The van der Waals surface area contributed by atoms with Crippen molar-refractivity contribution in [3.05, 3.63) is 72.9 Å². The molecule has 1 N–H and O–H groups in total. The highest BCUT2D eigenvalue weighted by molar-refractivity contribution is 8.00. The van der Waals surface area contributed by atoms with Gasteiger partial charge in [0.15, 0.2) is 0 Å². The molecule has 3 heteroatoms. The zero-order valence-corrected chi connectivity index (χ0v) is 19.2. The van der Waals surface area contributed by atoms with Gasteiger partial charge in [0, 0.05) is 0 Å². The molecule has 162 valence electrons. The summed E-state index contributed by atoms with van der Waals surface area (Å²) in [4.78, 5) is 10.9. The summed E-state index contributed by atoms with van der Waals surface area (Å²) in [5, 5.41) is 8.73. The topological polar surface area (TPSA) is 37.3 Å². The molecule has 0 amide bonds. The number of aliphatic carboxylic acids is 1. The summed E-state index contributed by atoms with van der Waals surface area (Å²) in [7, 11) is 0. The number of allylic oxidation sites excluding steroid dienone is 12. The van der Waals surface area contributed by atoms with Crippen LogP contribution in [-0.2, 0) is 4.79 Å². The van der Waals surface area contributed by atoms with E-state index in [-0.39, 0.29) is 5.25 Å². The first kappa shape index (κ1) is 27.3. The molecule has 0 aromatic rings. The minimum atomic E-state index is -0.688. The van der Waals surface area contributed by atoms with E-state index in [2.05, 4.69) is 79.8 Å². The molecule has 0 radical (unpaired) electrons. The lowest BCUT2D eigenvalue weighted by molar-refractivity contribution is -0.136. The van der Waals surface area contributed by atoms with Crippen LogP contribution in [0.25, 0.3) is 0 Å². The van der Waals surface area contributed by atoms with Gasteiger partial charge in [0.05, 0.1) is 0 Å². The SMILES string of the molecule is CC/C=C\C/C=C\C/C=C\C/C=C\C/C=C\C/C=C\CCCSC(CC)C(=O)O. The number of carboxylic acid groups (broad SMARTS) is 1. The summed E-state index contributed by atoms with van der Waals surface area (Å²) >= 11 is 1.55. The first-order valence-electron chi connectivity index (χ1n) is 11.0. The van der Waals surface area contributed by atoms with Gasteiger partial charge in [0.25, 0.3) is 0 Å². The Morgan fingerprint density at radius 2 is 1.14 bits per heavy atom. The van der Waals surface area contributed by atoms with E-state index in [4.69, 9.17) is 5.11 Å². The predicted octanol–water partition coefficient (Wildman–Crippen LogP) is 8.06. The first-order valence-corrected chi connectivity index (χ1v) is 12.0. The Bertz CT molecular complexity index is 553. The summed E-state index contributed by atoms with van der Waals surface area (Å²) in [5.74, 6) is 0.225. The molecular formula is C26H40O2S. The van der Waals surface area contributed by atoms with Gasteiger partial charge in [-0.25, -0.2) is 0 Å². The Morgan fingerprint density at radius 3 is 1.52 bits per heavy atom. The number of hydrogen-bond acceptors (Lipinski definition) is 2. The van der Waals surface area contributed by atoms with E-state index in [1.165, 1.54) is 0 Å². The van der Waals surface area contributed by atoms with Crippen LogP contribution in [-0.4, -0.2) is 22.1 Å². The predicted molar refractivity (Wildman–Crippen MR) is 132 cm³/mol. The van der Waals surface area contributed by atoms with E-state index in [9.17, 15) is 4.79 Å². The summed E-state index contributed by atoms with van der Waals surface area (Å²) in [6.07, 6.45) is 35.3. The van der Waals surface area contributed by atoms with Gasteiger partial charge in [0.1, 0.15) is 5.25 Å². The average molecular weight is 417 g/mol. The molecule has 0 aromatic heterocycles. The van der Waals surface area contributed by atoms with Crippen LogP contribution < -0.4 is 0 Å². The standard InChI is InChI=1S/C26H40O2S/c1-3-5-6-7-8-9-10-11-12-13-14-15-16-17-18-19-20-21-22-23-24-29-25(4-2)26(27)28/h5-6,8-9,11-12,14-15,17-18,20-21,25H,3-4,7,10,13,16,19,22-24H2,1-2H3,(H,27,28)/b6-5-,9-8-,12-11-,15-14-,18-17-,21-20-. The van der Waals surface area contributed by atoms with Gasteiger partial charge in [-0.3, -0.25) is 4.79 Å². The Labute approximate surface area is 183 Å². The van der Waals surface area contributed by atoms with Crippen LogP contribution in [0.3, 0.4) is 0 Å². The number of hydrogen-bond donors (Lipinski definition) is 1. The first-order chi connectivity index (χ1) is 14.2. The number of carbonyl (C=O) groups is 1. The van der Waals surface area contributed by atoms with E-state index < -0.39 is 5.97 Å². The minimum absolute atomic E-state index is 0.250. The van der Waals surface area contributed by atoms with Crippen molar-refractivity contribution in [2.45, 2.75) is 76.9 Å². The Morgan fingerprint density at radius 1 is 0.724 bits per heavy atom. The molecule has 0 spiro atoms. The Kier molecular flexibility index (Phi) is 21.2. The second-order valence-corrected chi connectivity index (χ2v) is 7.97. The Balaban J connectivity index is 3.56. The maximum atomic E-state index is 10.9. The van der Waals surface area contributed by atoms with Crippen LogP contribution in [0, 0.1) is 0 Å². The van der Waals surface area contributed by atoms with Crippen LogP contribution in [0.15, 0.2) is 72.9 Å². The minimum Gasteiger partial charge on any atom is -0.480 e. The van der Waals surface area contributed by atoms with Crippen molar-refractivity contribution in [2.75, 3.05) is 5.75 Å². The molecule has 0 bridgehead atoms. The molecule has 0 fully saturated rings. The molecule has 0 saturated carbocycles. The van der Waals surface area contributed by atoms with Crippen molar-refractivity contribution >= 4 is 17.7 Å². The van der Waals surface area contributed by atoms with E-state index in [0.29, 0.717) is 6.42 Å². The molecule has 0 aromatic carbocycles. The molecule has 0 aliphatic heterocycles. The maximum absolute atomic E-state index is 10.9. The fourth-order valence-corrected chi connectivity index (χ4v) is 3.43. The van der Waals surface area contributed by atoms with Gasteiger partial charge in [-0.05, 0) is 63.5 Å². The van der Waals surface area contributed by atoms with E-state index in [1.807, 2.05) is 6.92 Å². The summed E-state index contributed by atoms with van der Waals surface area (Å²) < 4.78 is 0.